The molecular weight excluding hydrogens is 893 g/mol. The standard InChI is InChI=1S/C46H50ClF3N4O6S3/c1-3-53(4-2)27-26-36(31-61-38-10-6-5-7-11-38)51-42-23-22-39(30-43(42)62(57,58)46(48,49)50)63(59,60)52-45(56)34-16-20-37(21-17-34)54-28-24-33(25-29-54)44(55)41-13-9-8-12-40(41)32-14-18-35(47)19-15-32/h5-23,30,33,36,44,51,55H,3-4,24-29,31H2,1-2H3,(H,52,56)/t36-,44-/m1/s1. The van der Waals surface area contributed by atoms with Gasteiger partial charge in [0.2, 0.25) is 0 Å². The SMILES string of the molecule is CCN(CC)CC[C@H](CSc1ccccc1)Nc1ccc(S(=O)(=O)NC(=O)c2ccc(N3CCC([C@@H](O)c4ccccc4-c4ccc(Cl)cc4)CC3)cc2)cc1S(=O)(=O)C(F)(F)F. The number of hydrogen-bond acceptors (Lipinski definition) is 10. The average molecular weight is 944 g/mol. The first-order valence-corrected chi connectivity index (χ1v) is 24.9. The second kappa shape index (κ2) is 20.9. The van der Waals surface area contributed by atoms with Gasteiger partial charge in [-0.25, -0.2) is 21.6 Å². The van der Waals surface area contributed by atoms with Gasteiger partial charge in [-0.1, -0.05) is 80.0 Å². The Morgan fingerprint density at radius 1 is 0.873 bits per heavy atom. The van der Waals surface area contributed by atoms with Crippen molar-refractivity contribution in [2.24, 2.45) is 5.92 Å². The van der Waals surface area contributed by atoms with Crippen molar-refractivity contribution in [2.75, 3.05) is 48.7 Å². The van der Waals surface area contributed by atoms with Gasteiger partial charge in [0.25, 0.3) is 25.8 Å². The number of carbonyl (C=O) groups excluding carboxylic acids is 1. The number of rotatable bonds is 18. The molecule has 0 saturated carbocycles. The lowest BCUT2D eigenvalue weighted by atomic mass is 9.84. The summed E-state index contributed by atoms with van der Waals surface area (Å²) >= 11 is 7.54. The number of nitrogens with zero attached hydrogens (tertiary/aromatic N) is 2. The van der Waals surface area contributed by atoms with Gasteiger partial charge in [-0.05, 0) is 122 Å². The lowest BCUT2D eigenvalue weighted by Crippen LogP contribution is -2.36. The van der Waals surface area contributed by atoms with E-state index in [0.29, 0.717) is 55.7 Å². The van der Waals surface area contributed by atoms with Crippen molar-refractivity contribution in [3.05, 3.63) is 137 Å². The highest BCUT2D eigenvalue weighted by Gasteiger charge is 2.48. The molecule has 1 amide bonds. The summed E-state index contributed by atoms with van der Waals surface area (Å²) in [5.74, 6) is -0.702. The maximum Gasteiger partial charge on any atom is 0.501 e. The summed E-state index contributed by atoms with van der Waals surface area (Å²) in [6.45, 7) is 7.23. The molecule has 0 unspecified atom stereocenters. The van der Waals surface area contributed by atoms with Gasteiger partial charge >= 0.3 is 5.51 Å². The number of carbonyl (C=O) groups is 1. The molecule has 17 heteroatoms. The quantitative estimate of drug-likeness (QED) is 0.0729. The van der Waals surface area contributed by atoms with Gasteiger partial charge < -0.3 is 20.2 Å². The number of alkyl halides is 3. The zero-order chi connectivity index (χ0) is 45.4. The molecule has 1 heterocycles. The molecule has 0 radical (unpaired) electrons. The average Bonchev–Trinajstić information content (AvgIpc) is 3.28. The number of sulfone groups is 1. The third-order valence-electron chi connectivity index (χ3n) is 11.2. The molecule has 336 valence electrons. The fourth-order valence-corrected chi connectivity index (χ4v) is 10.7. The van der Waals surface area contributed by atoms with E-state index in [-0.39, 0.29) is 11.5 Å². The van der Waals surface area contributed by atoms with Gasteiger partial charge in [0, 0.05) is 52.6 Å². The maximum absolute atomic E-state index is 14.1. The van der Waals surface area contributed by atoms with Crippen LogP contribution in [0.5, 0.6) is 0 Å². The van der Waals surface area contributed by atoms with Crippen LogP contribution in [-0.2, 0) is 19.9 Å². The first-order valence-electron chi connectivity index (χ1n) is 20.6. The molecule has 1 fully saturated rings. The highest BCUT2D eigenvalue weighted by atomic mass is 35.5. The van der Waals surface area contributed by atoms with E-state index in [9.17, 15) is 39.9 Å². The number of hydrogen-bond donors (Lipinski definition) is 3. The van der Waals surface area contributed by atoms with Crippen LogP contribution in [0, 0.1) is 5.92 Å². The predicted octanol–water partition coefficient (Wildman–Crippen LogP) is 9.67. The molecular formula is C46H50ClF3N4O6S3. The topological polar surface area (TPSA) is 136 Å². The number of thioether (sulfide) groups is 1. The number of nitrogens with one attached hydrogen (secondary N) is 2. The molecule has 1 aliphatic rings. The minimum atomic E-state index is -6.06. The number of piperidine rings is 1. The Morgan fingerprint density at radius 3 is 2.14 bits per heavy atom. The van der Waals surface area contributed by atoms with E-state index >= 15 is 0 Å². The summed E-state index contributed by atoms with van der Waals surface area (Å²) in [6, 6.07) is 32.6. The largest absolute Gasteiger partial charge is 0.501 e. The van der Waals surface area contributed by atoms with Crippen molar-refractivity contribution < 1.29 is 39.9 Å². The van der Waals surface area contributed by atoms with Gasteiger partial charge in [0.05, 0.1) is 16.7 Å². The van der Waals surface area contributed by atoms with Crippen LogP contribution < -0.4 is 14.9 Å². The van der Waals surface area contributed by atoms with E-state index in [1.165, 1.54) is 23.9 Å². The van der Waals surface area contributed by atoms with E-state index in [1.54, 1.807) is 12.1 Å². The van der Waals surface area contributed by atoms with Crippen LogP contribution in [-0.4, -0.2) is 82.8 Å². The van der Waals surface area contributed by atoms with Crippen molar-refractivity contribution in [3.63, 3.8) is 0 Å². The summed E-state index contributed by atoms with van der Waals surface area (Å²) in [5.41, 5.74) is -2.71. The minimum absolute atomic E-state index is 0.0148. The Morgan fingerprint density at radius 2 is 1.51 bits per heavy atom. The molecule has 63 heavy (non-hydrogen) atoms. The number of amides is 1. The molecule has 0 spiro atoms. The van der Waals surface area contributed by atoms with Crippen molar-refractivity contribution in [1.29, 1.82) is 0 Å². The van der Waals surface area contributed by atoms with Crippen molar-refractivity contribution >= 4 is 60.5 Å². The molecule has 1 aliphatic heterocycles. The highest BCUT2D eigenvalue weighted by Crippen LogP contribution is 2.39. The summed E-state index contributed by atoms with van der Waals surface area (Å²) in [7, 11) is -10.9. The number of anilines is 2. The second-order valence-electron chi connectivity index (χ2n) is 15.2. The first kappa shape index (κ1) is 47.9. The van der Waals surface area contributed by atoms with Crippen LogP contribution in [0.25, 0.3) is 11.1 Å². The Labute approximate surface area is 376 Å². The van der Waals surface area contributed by atoms with Gasteiger partial charge in [-0.15, -0.1) is 11.8 Å². The van der Waals surface area contributed by atoms with E-state index in [2.05, 4.69) is 15.1 Å². The van der Waals surface area contributed by atoms with Crippen molar-refractivity contribution in [1.82, 2.24) is 9.62 Å². The number of benzene rings is 5. The van der Waals surface area contributed by atoms with Gasteiger partial charge in [-0.2, -0.15) is 13.2 Å². The molecule has 2 atom stereocenters. The summed E-state index contributed by atoms with van der Waals surface area (Å²) < 4.78 is 97.3. The van der Waals surface area contributed by atoms with E-state index in [1.807, 2.05) is 97.4 Å². The normalized spacial score (nSPS) is 15.0. The maximum atomic E-state index is 14.1. The minimum Gasteiger partial charge on any atom is -0.388 e. The van der Waals surface area contributed by atoms with Crippen LogP contribution in [0.1, 0.15) is 55.1 Å². The third kappa shape index (κ3) is 12.0. The third-order valence-corrected chi connectivity index (χ3v) is 15.5. The zero-order valence-electron chi connectivity index (χ0n) is 34.8. The van der Waals surface area contributed by atoms with Crippen molar-refractivity contribution in [2.45, 2.75) is 65.5 Å². The lowest BCUT2D eigenvalue weighted by molar-refractivity contribution is -0.0435. The zero-order valence-corrected chi connectivity index (χ0v) is 38.0. The van der Waals surface area contributed by atoms with Crippen LogP contribution >= 0.6 is 23.4 Å². The highest BCUT2D eigenvalue weighted by molar-refractivity contribution is 7.99. The smallest absolute Gasteiger partial charge is 0.388 e. The van der Waals surface area contributed by atoms with E-state index in [0.717, 1.165) is 52.5 Å². The molecule has 1 saturated heterocycles. The lowest BCUT2D eigenvalue weighted by Gasteiger charge is -2.36. The van der Waals surface area contributed by atoms with Gasteiger partial charge in [-0.3, -0.25) is 4.79 Å². The van der Waals surface area contributed by atoms with E-state index < -0.39 is 58.9 Å². The van der Waals surface area contributed by atoms with E-state index in [4.69, 9.17) is 11.6 Å². The van der Waals surface area contributed by atoms with Crippen molar-refractivity contribution in [3.8, 4) is 11.1 Å². The molecule has 6 rings (SSSR count). The summed E-state index contributed by atoms with van der Waals surface area (Å²) in [6.07, 6.45) is 1.11. The molecule has 3 N–H and O–H groups in total. The van der Waals surface area contributed by atoms with Crippen LogP contribution in [0.15, 0.2) is 136 Å². The summed E-state index contributed by atoms with van der Waals surface area (Å²) in [4.78, 5) is 16.3. The Bertz CT molecular complexity index is 2540. The van der Waals surface area contributed by atoms with Gasteiger partial charge in [0.15, 0.2) is 0 Å². The number of aliphatic hydroxyl groups excluding tert-OH is 1. The fourth-order valence-electron chi connectivity index (χ4n) is 7.58. The molecule has 5 aromatic rings. The Balaban J connectivity index is 1.14. The van der Waals surface area contributed by atoms with Crippen LogP contribution in [0.3, 0.4) is 0 Å². The molecule has 0 aromatic heterocycles. The predicted molar refractivity (Wildman–Crippen MR) is 245 cm³/mol. The number of halogens is 4. The Hall–Kier alpha value is -4.58. The number of aliphatic hydroxyl groups is 1. The molecule has 0 bridgehead atoms. The van der Waals surface area contributed by atoms with Crippen LogP contribution in [0.2, 0.25) is 5.02 Å². The summed E-state index contributed by atoms with van der Waals surface area (Å²) in [5, 5.41) is 15.1. The number of sulfonamides is 1. The van der Waals surface area contributed by atoms with Crippen LogP contribution in [0.4, 0.5) is 24.5 Å². The second-order valence-corrected chi connectivity index (χ2v) is 20.4. The molecule has 5 aromatic carbocycles. The first-order chi connectivity index (χ1) is 30.0. The monoisotopic (exact) mass is 942 g/mol. The fraction of sp³-hybridized carbons (Fsp3) is 0.326. The molecule has 0 aliphatic carbocycles. The van der Waals surface area contributed by atoms with Gasteiger partial charge in [0.1, 0.15) is 4.90 Å². The molecule has 10 nitrogen and oxygen atoms in total. The Kier molecular flexibility index (Phi) is 15.9.